The molecule has 0 spiro atoms. The highest BCUT2D eigenvalue weighted by atomic mass is 35.5. The van der Waals surface area contributed by atoms with Crippen LogP contribution in [-0.4, -0.2) is 58.7 Å². The number of hydrogen-bond donors (Lipinski definition) is 1. The lowest BCUT2D eigenvalue weighted by Gasteiger charge is -2.32. The number of rotatable bonds is 5. The molecule has 3 heterocycles. The molecule has 33 heavy (non-hydrogen) atoms. The molecule has 1 saturated heterocycles. The van der Waals surface area contributed by atoms with Crippen molar-refractivity contribution in [3.8, 4) is 11.3 Å². The van der Waals surface area contributed by atoms with E-state index in [1.54, 1.807) is 0 Å². The van der Waals surface area contributed by atoms with E-state index in [-0.39, 0.29) is 0 Å². The van der Waals surface area contributed by atoms with Crippen LogP contribution in [0.15, 0.2) is 24.3 Å². The molecule has 7 heteroatoms. The summed E-state index contributed by atoms with van der Waals surface area (Å²) in [4.78, 5) is 17.6. The van der Waals surface area contributed by atoms with E-state index < -0.39 is 5.97 Å². The van der Waals surface area contributed by atoms with Crippen molar-refractivity contribution in [2.24, 2.45) is 7.05 Å². The quantitative estimate of drug-likeness (QED) is 0.477. The van der Waals surface area contributed by atoms with Gasteiger partial charge in [0.25, 0.3) is 0 Å². The molecule has 5 rings (SSSR count). The molecule has 3 aromatic rings. The van der Waals surface area contributed by atoms with Gasteiger partial charge < -0.3 is 14.6 Å². The van der Waals surface area contributed by atoms with E-state index in [2.05, 4.69) is 40.6 Å². The summed E-state index contributed by atoms with van der Waals surface area (Å²) in [5.41, 5.74) is 5.84. The van der Waals surface area contributed by atoms with Crippen LogP contribution < -0.4 is 0 Å². The second-order valence-electron chi connectivity index (χ2n) is 9.64. The van der Waals surface area contributed by atoms with Crippen LogP contribution >= 0.6 is 22.9 Å². The highest BCUT2D eigenvalue weighted by Gasteiger charge is 2.31. The molecule has 5 nitrogen and oxygen atoms in total. The van der Waals surface area contributed by atoms with Crippen molar-refractivity contribution in [3.63, 3.8) is 0 Å². The van der Waals surface area contributed by atoms with Gasteiger partial charge in [0, 0.05) is 50.4 Å². The highest BCUT2D eigenvalue weighted by Crippen LogP contribution is 2.48. The van der Waals surface area contributed by atoms with Crippen molar-refractivity contribution in [1.29, 1.82) is 0 Å². The molecule has 1 saturated carbocycles. The van der Waals surface area contributed by atoms with E-state index in [1.165, 1.54) is 59.4 Å². The SMILES string of the molecule is CN1CCN(Cc2c(C(=O)O)sc3c(C4CCCCC4)c(-c4ccc(Cl)cc4)n(C)c23)CC1. The summed E-state index contributed by atoms with van der Waals surface area (Å²) in [6, 6.07) is 8.12. The number of likely N-dealkylation sites (N-methyl/N-ethyl adjacent to an activating group) is 1. The van der Waals surface area contributed by atoms with Crippen LogP contribution in [0.2, 0.25) is 5.02 Å². The predicted octanol–water partition coefficient (Wildman–Crippen LogP) is 6.05. The van der Waals surface area contributed by atoms with E-state index >= 15 is 0 Å². The molecule has 1 aliphatic carbocycles. The minimum absolute atomic E-state index is 0.477. The van der Waals surface area contributed by atoms with E-state index in [0.29, 0.717) is 17.3 Å². The van der Waals surface area contributed by atoms with Crippen molar-refractivity contribution in [2.75, 3.05) is 33.2 Å². The maximum absolute atomic E-state index is 12.3. The van der Waals surface area contributed by atoms with Gasteiger partial charge in [-0.25, -0.2) is 4.79 Å². The van der Waals surface area contributed by atoms with Gasteiger partial charge in [0.05, 0.1) is 15.9 Å². The monoisotopic (exact) mass is 485 g/mol. The summed E-state index contributed by atoms with van der Waals surface area (Å²) in [6.07, 6.45) is 6.13. The number of halogens is 1. The molecule has 1 aromatic carbocycles. The van der Waals surface area contributed by atoms with Crippen molar-refractivity contribution in [2.45, 2.75) is 44.6 Å². The minimum atomic E-state index is -0.803. The first kappa shape index (κ1) is 22.9. The molecule has 0 unspecified atom stereocenters. The Morgan fingerprint density at radius 3 is 2.36 bits per heavy atom. The molecule has 2 fully saturated rings. The Labute approximate surface area is 204 Å². The zero-order valence-electron chi connectivity index (χ0n) is 19.4. The summed E-state index contributed by atoms with van der Waals surface area (Å²) >= 11 is 7.70. The number of carboxylic acids is 1. The fraction of sp³-hybridized carbons (Fsp3) is 0.500. The molecular weight excluding hydrogens is 454 g/mol. The number of carboxylic acid groups (broad SMARTS) is 1. The van der Waals surface area contributed by atoms with E-state index in [0.717, 1.165) is 47.8 Å². The van der Waals surface area contributed by atoms with Crippen LogP contribution in [0, 0.1) is 0 Å². The second-order valence-corrected chi connectivity index (χ2v) is 11.1. The Morgan fingerprint density at radius 1 is 1.06 bits per heavy atom. The number of hydrogen-bond acceptors (Lipinski definition) is 4. The van der Waals surface area contributed by atoms with Crippen molar-refractivity contribution in [1.82, 2.24) is 14.4 Å². The van der Waals surface area contributed by atoms with E-state index in [1.807, 2.05) is 12.1 Å². The molecule has 176 valence electrons. The second kappa shape index (κ2) is 9.41. The molecule has 1 aliphatic heterocycles. The Morgan fingerprint density at radius 2 is 1.73 bits per heavy atom. The first-order chi connectivity index (χ1) is 15.9. The van der Waals surface area contributed by atoms with Crippen LogP contribution in [0.5, 0.6) is 0 Å². The first-order valence-corrected chi connectivity index (χ1v) is 13.2. The van der Waals surface area contributed by atoms with Crippen LogP contribution in [0.25, 0.3) is 21.5 Å². The number of carbonyl (C=O) groups is 1. The molecule has 0 amide bonds. The summed E-state index contributed by atoms with van der Waals surface area (Å²) in [5, 5.41) is 10.9. The van der Waals surface area contributed by atoms with E-state index in [4.69, 9.17) is 11.6 Å². The van der Waals surface area contributed by atoms with Gasteiger partial charge in [-0.2, -0.15) is 0 Å². The number of thiophene rings is 1. The third-order valence-corrected chi connectivity index (χ3v) is 8.95. The predicted molar refractivity (Wildman–Crippen MR) is 137 cm³/mol. The normalized spacial score (nSPS) is 18.9. The molecular formula is C26H32ClN3O2S. The Kier molecular flexibility index (Phi) is 6.54. The lowest BCUT2D eigenvalue weighted by Crippen LogP contribution is -2.44. The third-order valence-electron chi connectivity index (χ3n) is 7.45. The zero-order valence-corrected chi connectivity index (χ0v) is 21.0. The van der Waals surface area contributed by atoms with Gasteiger partial charge in [-0.15, -0.1) is 11.3 Å². The average Bonchev–Trinajstić information content (AvgIpc) is 3.32. The third kappa shape index (κ3) is 4.34. The number of benzene rings is 1. The Balaban J connectivity index is 1.69. The van der Waals surface area contributed by atoms with Gasteiger partial charge >= 0.3 is 5.97 Å². The van der Waals surface area contributed by atoms with Crippen molar-refractivity contribution >= 4 is 39.1 Å². The fourth-order valence-electron chi connectivity index (χ4n) is 5.67. The lowest BCUT2D eigenvalue weighted by molar-refractivity contribution is 0.0699. The fourth-order valence-corrected chi connectivity index (χ4v) is 7.10. The largest absolute Gasteiger partial charge is 0.477 e. The molecule has 2 aromatic heterocycles. The minimum Gasteiger partial charge on any atom is -0.477 e. The van der Waals surface area contributed by atoms with Crippen LogP contribution in [0.4, 0.5) is 0 Å². The average molecular weight is 486 g/mol. The number of nitrogens with zero attached hydrogens (tertiary/aromatic N) is 3. The topological polar surface area (TPSA) is 48.7 Å². The Bertz CT molecular complexity index is 1150. The van der Waals surface area contributed by atoms with Crippen LogP contribution in [0.3, 0.4) is 0 Å². The van der Waals surface area contributed by atoms with Gasteiger partial charge in [0.2, 0.25) is 0 Å². The smallest absolute Gasteiger partial charge is 0.346 e. The molecule has 0 radical (unpaired) electrons. The number of aryl methyl sites for hydroxylation is 1. The standard InChI is InChI=1S/C26H32ClN3O2S/c1-28-12-14-30(15-13-28)16-20-23-25(33-24(20)26(31)32)21(17-6-4-3-5-7-17)22(29(23)2)18-8-10-19(27)11-9-18/h8-11,17H,3-7,12-16H2,1-2H3,(H,31,32). The number of aromatic nitrogens is 1. The van der Waals surface area contributed by atoms with E-state index in [9.17, 15) is 9.90 Å². The maximum Gasteiger partial charge on any atom is 0.346 e. The molecule has 0 atom stereocenters. The first-order valence-electron chi connectivity index (χ1n) is 12.0. The molecule has 1 N–H and O–H groups in total. The van der Waals surface area contributed by atoms with Crippen molar-refractivity contribution < 1.29 is 9.90 Å². The lowest BCUT2D eigenvalue weighted by atomic mass is 9.83. The summed E-state index contributed by atoms with van der Waals surface area (Å²) < 4.78 is 3.45. The number of fused-ring (bicyclic) bond motifs is 1. The van der Waals surface area contributed by atoms with Crippen molar-refractivity contribution in [3.05, 3.63) is 45.3 Å². The summed E-state index contributed by atoms with van der Waals surface area (Å²) in [7, 11) is 4.26. The molecule has 2 aliphatic rings. The van der Waals surface area contributed by atoms with Crippen LogP contribution in [-0.2, 0) is 13.6 Å². The van der Waals surface area contributed by atoms with Gasteiger partial charge in [-0.3, -0.25) is 4.90 Å². The zero-order chi connectivity index (χ0) is 23.1. The van der Waals surface area contributed by atoms with Gasteiger partial charge in [0.1, 0.15) is 4.88 Å². The number of piperazine rings is 1. The molecule has 0 bridgehead atoms. The Hall–Kier alpha value is -1.86. The highest BCUT2D eigenvalue weighted by molar-refractivity contribution is 7.21. The van der Waals surface area contributed by atoms with Gasteiger partial charge in [-0.05, 0) is 49.1 Å². The van der Waals surface area contributed by atoms with Gasteiger partial charge in [0.15, 0.2) is 0 Å². The van der Waals surface area contributed by atoms with Gasteiger partial charge in [-0.1, -0.05) is 43.0 Å². The maximum atomic E-state index is 12.3. The van der Waals surface area contributed by atoms with Crippen LogP contribution in [0.1, 0.15) is 58.8 Å². The summed E-state index contributed by atoms with van der Waals surface area (Å²) in [5.74, 6) is -0.326. The summed E-state index contributed by atoms with van der Waals surface area (Å²) in [6.45, 7) is 4.67. The number of aromatic carboxylic acids is 1.